The summed E-state index contributed by atoms with van der Waals surface area (Å²) in [5.74, 6) is 1.63. The summed E-state index contributed by atoms with van der Waals surface area (Å²) in [6.45, 7) is 6.54. The normalized spacial score (nSPS) is 11.9. The molecule has 0 atom stereocenters. The molecular weight excluding hydrogens is 716 g/mol. The fraction of sp³-hybridized carbons (Fsp3) is 0.111. The van der Waals surface area contributed by atoms with Crippen LogP contribution in [0.5, 0.6) is 11.5 Å². The quantitative estimate of drug-likeness (QED) is 0.137. The smallest absolute Gasteiger partial charge is 0.510 e. The van der Waals surface area contributed by atoms with Crippen molar-refractivity contribution in [3.8, 4) is 22.9 Å². The largest absolute Gasteiger partial charge is 4.00 e. The number of fused-ring (bicyclic) bond motifs is 6. The Kier molecular flexibility index (Phi) is 6.48. The van der Waals surface area contributed by atoms with Crippen molar-refractivity contribution in [2.24, 2.45) is 0 Å². The van der Waals surface area contributed by atoms with E-state index in [9.17, 15) is 0 Å². The van der Waals surface area contributed by atoms with Gasteiger partial charge in [0, 0.05) is 17.1 Å². The summed E-state index contributed by atoms with van der Waals surface area (Å²) < 4.78 is 18.4. The molecule has 7 heteroatoms. The molecular formula is C36H25N4O2Pt+. The van der Waals surface area contributed by atoms with Crippen LogP contribution in [0.2, 0.25) is 0 Å². The molecule has 3 heterocycles. The Morgan fingerprint density at radius 1 is 0.814 bits per heavy atom. The molecule has 0 fully saturated rings. The van der Waals surface area contributed by atoms with Gasteiger partial charge in [0.1, 0.15) is 0 Å². The van der Waals surface area contributed by atoms with Crippen LogP contribution in [0.25, 0.3) is 50.4 Å². The molecule has 8 rings (SSSR count). The zero-order valence-electron chi connectivity index (χ0n) is 23.7. The Labute approximate surface area is 263 Å². The fourth-order valence-electron chi connectivity index (χ4n) is 5.49. The van der Waals surface area contributed by atoms with Crippen molar-refractivity contribution in [2.75, 3.05) is 0 Å². The van der Waals surface area contributed by atoms with E-state index in [1.165, 1.54) is 0 Å². The van der Waals surface area contributed by atoms with Gasteiger partial charge in [-0.2, -0.15) is 30.3 Å². The first kappa shape index (κ1) is 27.2. The van der Waals surface area contributed by atoms with Gasteiger partial charge >= 0.3 is 21.1 Å². The molecule has 0 radical (unpaired) electrons. The van der Waals surface area contributed by atoms with Gasteiger partial charge in [0.2, 0.25) is 0 Å². The van der Waals surface area contributed by atoms with Crippen molar-refractivity contribution in [1.82, 2.24) is 14.0 Å². The Hall–Kier alpha value is -4.67. The maximum Gasteiger partial charge on any atom is 4.00 e. The van der Waals surface area contributed by atoms with Gasteiger partial charge in [0.05, 0.1) is 16.7 Å². The van der Waals surface area contributed by atoms with Gasteiger partial charge in [-0.3, -0.25) is 9.55 Å². The van der Waals surface area contributed by atoms with Crippen LogP contribution in [0.4, 0.5) is 0 Å². The number of imidazole rings is 2. The third-order valence-corrected chi connectivity index (χ3v) is 7.46. The number of aromatic nitrogens is 4. The molecule has 0 saturated heterocycles. The van der Waals surface area contributed by atoms with Crippen molar-refractivity contribution in [3.05, 3.63) is 127 Å². The van der Waals surface area contributed by atoms with Crippen LogP contribution in [0.15, 0.2) is 101 Å². The van der Waals surface area contributed by atoms with Crippen molar-refractivity contribution in [2.45, 2.75) is 26.2 Å². The predicted octanol–water partition coefficient (Wildman–Crippen LogP) is 7.74. The molecule has 0 bridgehead atoms. The molecule has 0 aliphatic carbocycles. The zero-order chi connectivity index (χ0) is 28.4. The molecule has 43 heavy (non-hydrogen) atoms. The van der Waals surface area contributed by atoms with E-state index < -0.39 is 0 Å². The van der Waals surface area contributed by atoms with E-state index in [1.807, 2.05) is 75.7 Å². The van der Waals surface area contributed by atoms with E-state index in [-0.39, 0.29) is 26.5 Å². The van der Waals surface area contributed by atoms with Crippen LogP contribution >= 0.6 is 0 Å². The van der Waals surface area contributed by atoms with Gasteiger partial charge in [0.25, 0.3) is 12.2 Å². The molecule has 5 aromatic carbocycles. The van der Waals surface area contributed by atoms with E-state index in [0.29, 0.717) is 22.9 Å². The summed E-state index contributed by atoms with van der Waals surface area (Å²) in [6, 6.07) is 42.2. The third kappa shape index (κ3) is 4.54. The van der Waals surface area contributed by atoms with Gasteiger partial charge in [-0.25, -0.2) is 0 Å². The number of rotatable bonds is 4. The first-order valence-electron chi connectivity index (χ1n) is 13.8. The Morgan fingerprint density at radius 2 is 1.60 bits per heavy atom. The number of benzene rings is 5. The third-order valence-electron chi connectivity index (χ3n) is 7.46. The number of hydrogen-bond acceptors (Lipinski definition) is 3. The zero-order valence-corrected chi connectivity index (χ0v) is 25.9. The van der Waals surface area contributed by atoms with Crippen LogP contribution in [0.1, 0.15) is 26.3 Å². The molecule has 3 aromatic heterocycles. The fourth-order valence-corrected chi connectivity index (χ4v) is 5.49. The minimum atomic E-state index is -0.0653. The summed E-state index contributed by atoms with van der Waals surface area (Å²) in [7, 11) is 0. The average molecular weight is 741 g/mol. The van der Waals surface area contributed by atoms with E-state index >= 15 is 0 Å². The number of ether oxygens (including phenoxy) is 1. The van der Waals surface area contributed by atoms with Crippen LogP contribution in [-0.2, 0) is 26.5 Å². The summed E-state index contributed by atoms with van der Waals surface area (Å²) in [6.07, 6.45) is 3.50. The Bertz CT molecular complexity index is 2270. The second-order valence-corrected chi connectivity index (χ2v) is 11.3. The second-order valence-electron chi connectivity index (χ2n) is 11.3. The standard InChI is InChI=1S/C36H25N4O2.Pt/c1-36(2,3)28-15-10-18-31-34(28)37-35-40(31)32-22-27(19-20-33(32)42-35)41-26-14-9-13-25(21-26)39-23-38(24-11-5-4-6-12-24)29-16-7-8-17-30(29)39;/h4-17,19-20H,1-3H3;/q-3;+4. The van der Waals surface area contributed by atoms with Gasteiger partial charge < -0.3 is 18.1 Å². The molecule has 0 amide bonds. The predicted molar refractivity (Wildman–Crippen MR) is 161 cm³/mol. The minimum Gasteiger partial charge on any atom is -0.510 e. The number of nitrogens with zero attached hydrogens (tertiary/aromatic N) is 4. The maximum absolute atomic E-state index is 6.31. The molecule has 8 aromatic rings. The molecule has 0 aliphatic rings. The number of para-hydroxylation sites is 3. The van der Waals surface area contributed by atoms with Crippen molar-refractivity contribution in [1.29, 1.82) is 0 Å². The SMILES string of the molecule is CC(C)(C)c1cc[c-]c2c1nc1oc3ccc(Oc4[c-]c(-n5[c-][n+](-c6ccccc6)c6ccccc65)ccc4)[c-]c3n12.[Pt+4]. The van der Waals surface area contributed by atoms with Crippen LogP contribution in [0, 0.1) is 24.5 Å². The van der Waals surface area contributed by atoms with Crippen LogP contribution in [-0.4, -0.2) is 14.0 Å². The molecule has 0 saturated carbocycles. The van der Waals surface area contributed by atoms with E-state index in [2.05, 4.69) is 80.2 Å². The maximum atomic E-state index is 6.31. The summed E-state index contributed by atoms with van der Waals surface area (Å²) >= 11 is 0. The minimum absolute atomic E-state index is 0. The van der Waals surface area contributed by atoms with Gasteiger partial charge in [0.15, 0.2) is 0 Å². The van der Waals surface area contributed by atoms with E-state index in [0.717, 1.165) is 44.5 Å². The molecule has 0 spiro atoms. The van der Waals surface area contributed by atoms with Crippen LogP contribution < -0.4 is 9.30 Å². The molecule has 0 aliphatic heterocycles. The van der Waals surface area contributed by atoms with Crippen molar-refractivity contribution < 1.29 is 34.8 Å². The average Bonchev–Trinajstić information content (AvgIpc) is 3.67. The van der Waals surface area contributed by atoms with Crippen LogP contribution in [0.3, 0.4) is 0 Å². The Balaban J connectivity index is 0.00000300. The first-order chi connectivity index (χ1) is 20.4. The van der Waals surface area contributed by atoms with Crippen molar-refractivity contribution >= 4 is 39.0 Å². The molecule has 6 nitrogen and oxygen atoms in total. The summed E-state index contributed by atoms with van der Waals surface area (Å²) in [5.41, 5.74) is 8.16. The molecule has 0 unspecified atom stereocenters. The number of oxazole rings is 1. The van der Waals surface area contributed by atoms with Gasteiger partial charge in [-0.05, 0) is 39.8 Å². The van der Waals surface area contributed by atoms with Gasteiger partial charge in [-0.1, -0.05) is 63.2 Å². The Morgan fingerprint density at radius 3 is 2.44 bits per heavy atom. The topological polar surface area (TPSA) is 48.5 Å². The van der Waals surface area contributed by atoms with Crippen molar-refractivity contribution in [3.63, 3.8) is 0 Å². The van der Waals surface area contributed by atoms with E-state index in [4.69, 9.17) is 14.1 Å². The summed E-state index contributed by atoms with van der Waals surface area (Å²) in [4.78, 5) is 4.82. The van der Waals surface area contributed by atoms with Gasteiger partial charge in [-0.15, -0.1) is 35.9 Å². The van der Waals surface area contributed by atoms with E-state index in [1.54, 1.807) is 0 Å². The summed E-state index contributed by atoms with van der Waals surface area (Å²) in [5, 5.41) is 0. The monoisotopic (exact) mass is 740 g/mol. The first-order valence-corrected chi connectivity index (χ1v) is 13.8. The molecule has 210 valence electrons. The second kappa shape index (κ2) is 10.2. The molecule has 0 N–H and O–H groups in total. The number of hydrogen-bond donors (Lipinski definition) is 0.